The van der Waals surface area contributed by atoms with E-state index in [0.717, 1.165) is 10.7 Å². The number of anilines is 1. The molecule has 0 saturated heterocycles. The zero-order valence-electron chi connectivity index (χ0n) is 13.5. The van der Waals surface area contributed by atoms with Crippen molar-refractivity contribution in [1.29, 1.82) is 0 Å². The predicted octanol–water partition coefficient (Wildman–Crippen LogP) is 4.50. The first-order valence-corrected chi connectivity index (χ1v) is 7.53. The minimum Gasteiger partial charge on any atom is -0.322 e. The Morgan fingerprint density at radius 3 is 2.31 bits per heavy atom. The van der Waals surface area contributed by atoms with E-state index in [4.69, 9.17) is 0 Å². The molecule has 0 spiro atoms. The highest BCUT2D eigenvalue weighted by atomic mass is 19.4. The third-order valence-electron chi connectivity index (χ3n) is 3.73. The molecule has 26 heavy (non-hydrogen) atoms. The highest BCUT2D eigenvalue weighted by molar-refractivity contribution is 6.04. The van der Waals surface area contributed by atoms with Crippen LogP contribution in [0.4, 0.5) is 23.2 Å². The molecule has 0 bridgehead atoms. The van der Waals surface area contributed by atoms with Gasteiger partial charge in [-0.3, -0.25) is 9.48 Å². The third kappa shape index (κ3) is 3.58. The van der Waals surface area contributed by atoms with Gasteiger partial charge in [-0.25, -0.2) is 4.39 Å². The number of hydrogen-bond donors (Lipinski definition) is 1. The quantitative estimate of drug-likeness (QED) is 0.697. The fraction of sp³-hybridized carbons (Fsp3) is 0.111. The van der Waals surface area contributed by atoms with E-state index in [-0.39, 0.29) is 11.3 Å². The summed E-state index contributed by atoms with van der Waals surface area (Å²) in [6.07, 6.45) is -4.52. The molecule has 3 aromatic rings. The lowest BCUT2D eigenvalue weighted by Crippen LogP contribution is -2.13. The van der Waals surface area contributed by atoms with E-state index in [2.05, 4.69) is 10.4 Å². The molecular weight excluding hydrogens is 350 g/mol. The van der Waals surface area contributed by atoms with Gasteiger partial charge in [-0.15, -0.1) is 0 Å². The van der Waals surface area contributed by atoms with E-state index < -0.39 is 23.6 Å². The van der Waals surface area contributed by atoms with Gasteiger partial charge >= 0.3 is 6.18 Å². The lowest BCUT2D eigenvalue weighted by atomic mass is 10.1. The number of carbonyl (C=O) groups is 1. The number of aromatic nitrogens is 2. The minimum atomic E-state index is -4.52. The first kappa shape index (κ1) is 17.7. The summed E-state index contributed by atoms with van der Waals surface area (Å²) in [5.41, 5.74) is 0.0916. The van der Waals surface area contributed by atoms with Gasteiger partial charge in [0.05, 0.1) is 11.3 Å². The maximum atomic E-state index is 13.6. The summed E-state index contributed by atoms with van der Waals surface area (Å²) in [6.45, 7) is 0. The van der Waals surface area contributed by atoms with Gasteiger partial charge in [0.15, 0.2) is 5.69 Å². The topological polar surface area (TPSA) is 46.9 Å². The Labute approximate surface area is 146 Å². The zero-order chi connectivity index (χ0) is 18.9. The van der Waals surface area contributed by atoms with Crippen LogP contribution in [0, 0.1) is 5.82 Å². The number of hydrogen-bond acceptors (Lipinski definition) is 2. The van der Waals surface area contributed by atoms with Crippen molar-refractivity contribution in [3.8, 4) is 11.3 Å². The molecule has 0 atom stereocenters. The lowest BCUT2D eigenvalue weighted by molar-refractivity contribution is -0.141. The van der Waals surface area contributed by atoms with Crippen LogP contribution in [0.3, 0.4) is 0 Å². The fourth-order valence-corrected chi connectivity index (χ4v) is 2.44. The molecule has 0 aliphatic heterocycles. The minimum absolute atomic E-state index is 0.0990. The van der Waals surface area contributed by atoms with Crippen LogP contribution in [0.15, 0.2) is 54.6 Å². The molecule has 0 unspecified atom stereocenters. The molecule has 3 rings (SSSR count). The van der Waals surface area contributed by atoms with E-state index in [1.54, 1.807) is 18.2 Å². The van der Waals surface area contributed by atoms with E-state index in [1.807, 2.05) is 0 Å². The number of amides is 1. The zero-order valence-corrected chi connectivity index (χ0v) is 13.5. The molecule has 0 radical (unpaired) electrons. The summed E-state index contributed by atoms with van der Waals surface area (Å²) < 4.78 is 53.0. The molecule has 1 amide bonds. The van der Waals surface area contributed by atoms with Crippen LogP contribution in [0.2, 0.25) is 0 Å². The monoisotopic (exact) mass is 363 g/mol. The molecule has 8 heteroatoms. The van der Waals surface area contributed by atoms with Crippen molar-refractivity contribution in [3.63, 3.8) is 0 Å². The van der Waals surface area contributed by atoms with Crippen LogP contribution in [0.25, 0.3) is 11.3 Å². The maximum absolute atomic E-state index is 13.6. The van der Waals surface area contributed by atoms with E-state index >= 15 is 0 Å². The van der Waals surface area contributed by atoms with Gasteiger partial charge in [-0.05, 0) is 35.9 Å². The molecule has 0 fully saturated rings. The van der Waals surface area contributed by atoms with Gasteiger partial charge < -0.3 is 5.32 Å². The number of nitrogens with one attached hydrogen (secondary N) is 1. The van der Waals surface area contributed by atoms with Crippen molar-refractivity contribution in [1.82, 2.24) is 9.78 Å². The van der Waals surface area contributed by atoms with Crippen LogP contribution in [-0.2, 0) is 13.2 Å². The molecule has 1 N–H and O–H groups in total. The summed E-state index contributed by atoms with van der Waals surface area (Å²) in [5, 5.41) is 6.00. The molecule has 134 valence electrons. The maximum Gasteiger partial charge on any atom is 0.435 e. The average Bonchev–Trinajstić information content (AvgIpc) is 2.98. The molecule has 0 aliphatic carbocycles. The third-order valence-corrected chi connectivity index (χ3v) is 3.73. The average molecular weight is 363 g/mol. The second-order valence-corrected chi connectivity index (χ2v) is 5.55. The molecule has 0 aliphatic rings. The Kier molecular flexibility index (Phi) is 4.50. The standard InChI is InChI=1S/C18H13F4N3O/c1-25-15(10-16(24-25)18(20,21)22)11-6-8-12(9-7-11)23-17(26)13-4-2-3-5-14(13)19/h2-10H,1H3,(H,23,26). The van der Waals surface area contributed by atoms with Crippen molar-refractivity contribution in [2.24, 2.45) is 7.05 Å². The molecular formula is C18H13F4N3O. The van der Waals surface area contributed by atoms with Crippen molar-refractivity contribution in [2.75, 3.05) is 5.32 Å². The van der Waals surface area contributed by atoms with E-state index in [1.165, 1.54) is 37.4 Å². The SMILES string of the molecule is Cn1nc(C(F)(F)F)cc1-c1ccc(NC(=O)c2ccccc2F)cc1. The number of nitrogens with zero attached hydrogens (tertiary/aromatic N) is 2. The molecule has 4 nitrogen and oxygen atoms in total. The Morgan fingerprint density at radius 1 is 1.08 bits per heavy atom. The predicted molar refractivity (Wildman–Crippen MR) is 88.0 cm³/mol. The lowest BCUT2D eigenvalue weighted by Gasteiger charge is -2.07. The van der Waals surface area contributed by atoms with Crippen molar-refractivity contribution >= 4 is 11.6 Å². The van der Waals surface area contributed by atoms with Gasteiger partial charge in [0.2, 0.25) is 0 Å². The van der Waals surface area contributed by atoms with Crippen LogP contribution < -0.4 is 5.32 Å². The first-order chi connectivity index (χ1) is 12.3. The fourth-order valence-electron chi connectivity index (χ4n) is 2.44. The first-order valence-electron chi connectivity index (χ1n) is 7.53. The van der Waals surface area contributed by atoms with Crippen LogP contribution in [0.1, 0.15) is 16.1 Å². The number of alkyl halides is 3. The summed E-state index contributed by atoms with van der Waals surface area (Å²) >= 11 is 0. The van der Waals surface area contributed by atoms with Gasteiger partial charge in [-0.1, -0.05) is 24.3 Å². The number of benzene rings is 2. The Bertz CT molecular complexity index is 946. The molecule has 1 heterocycles. The normalized spacial score (nSPS) is 11.4. The second-order valence-electron chi connectivity index (χ2n) is 5.55. The van der Waals surface area contributed by atoms with Crippen LogP contribution in [-0.4, -0.2) is 15.7 Å². The van der Waals surface area contributed by atoms with Gasteiger partial charge in [0.25, 0.3) is 5.91 Å². The summed E-state index contributed by atoms with van der Waals surface area (Å²) in [6, 6.07) is 12.6. The van der Waals surface area contributed by atoms with Crippen molar-refractivity contribution in [2.45, 2.75) is 6.18 Å². The van der Waals surface area contributed by atoms with Gasteiger partial charge in [-0.2, -0.15) is 18.3 Å². The Balaban J connectivity index is 1.80. The van der Waals surface area contributed by atoms with E-state index in [0.29, 0.717) is 11.3 Å². The van der Waals surface area contributed by atoms with Crippen molar-refractivity contribution in [3.05, 3.63) is 71.7 Å². The molecule has 0 saturated carbocycles. The number of carbonyl (C=O) groups excluding carboxylic acids is 1. The smallest absolute Gasteiger partial charge is 0.322 e. The van der Waals surface area contributed by atoms with Crippen molar-refractivity contribution < 1.29 is 22.4 Å². The summed E-state index contributed by atoms with van der Waals surface area (Å²) in [5.74, 6) is -1.26. The van der Waals surface area contributed by atoms with Gasteiger partial charge in [0.1, 0.15) is 5.82 Å². The highest BCUT2D eigenvalue weighted by Crippen LogP contribution is 2.31. The number of halogens is 4. The summed E-state index contributed by atoms with van der Waals surface area (Å²) in [7, 11) is 1.42. The Hall–Kier alpha value is -3.16. The van der Waals surface area contributed by atoms with Gasteiger partial charge in [0, 0.05) is 12.7 Å². The highest BCUT2D eigenvalue weighted by Gasteiger charge is 2.34. The van der Waals surface area contributed by atoms with Crippen LogP contribution >= 0.6 is 0 Å². The Morgan fingerprint density at radius 2 is 1.73 bits per heavy atom. The largest absolute Gasteiger partial charge is 0.435 e. The second kappa shape index (κ2) is 6.62. The van der Waals surface area contributed by atoms with Crippen LogP contribution in [0.5, 0.6) is 0 Å². The van der Waals surface area contributed by atoms with E-state index in [9.17, 15) is 22.4 Å². The number of rotatable bonds is 3. The molecule has 2 aromatic carbocycles. The summed E-state index contributed by atoms with van der Waals surface area (Å²) in [4.78, 5) is 12.1. The molecule has 1 aromatic heterocycles. The number of aryl methyl sites for hydroxylation is 1.